The molecule has 5 atom stereocenters. The summed E-state index contributed by atoms with van der Waals surface area (Å²) in [6, 6.07) is 6.11. The molecule has 1 unspecified atom stereocenters. The van der Waals surface area contributed by atoms with Crippen LogP contribution in [0.4, 0.5) is 5.82 Å². The summed E-state index contributed by atoms with van der Waals surface area (Å²) in [7, 11) is 3.20. The van der Waals surface area contributed by atoms with Crippen molar-refractivity contribution in [2.75, 3.05) is 26.6 Å². The van der Waals surface area contributed by atoms with Gasteiger partial charge in [-0.15, -0.1) is 0 Å². The van der Waals surface area contributed by atoms with E-state index in [1.54, 1.807) is 25.1 Å². The molecule has 0 saturated carbocycles. The Labute approximate surface area is 185 Å². The van der Waals surface area contributed by atoms with Gasteiger partial charge in [-0.25, -0.2) is 15.0 Å². The molecular weight excluding hydrogens is 414 g/mol. The van der Waals surface area contributed by atoms with Crippen molar-refractivity contribution in [1.82, 2.24) is 19.5 Å². The summed E-state index contributed by atoms with van der Waals surface area (Å²) in [5.74, 6) is 1.09. The molecule has 32 heavy (non-hydrogen) atoms. The van der Waals surface area contributed by atoms with Gasteiger partial charge in [-0.05, 0) is 42.5 Å². The molecular formula is C22H27N5O5. The van der Waals surface area contributed by atoms with Gasteiger partial charge in [0.2, 0.25) is 0 Å². The first kappa shape index (κ1) is 21.1. The van der Waals surface area contributed by atoms with E-state index in [0.717, 1.165) is 30.6 Å². The van der Waals surface area contributed by atoms with E-state index in [1.165, 1.54) is 11.9 Å². The molecule has 0 bridgehead atoms. The molecule has 1 saturated heterocycles. The van der Waals surface area contributed by atoms with Crippen molar-refractivity contribution in [3.63, 3.8) is 0 Å². The van der Waals surface area contributed by atoms with Crippen LogP contribution in [0.25, 0.3) is 11.2 Å². The number of methoxy groups -OCH3 is 2. The van der Waals surface area contributed by atoms with Gasteiger partial charge in [-0.3, -0.25) is 4.57 Å². The topological polar surface area (TPSA) is 127 Å². The third kappa shape index (κ3) is 3.58. The fourth-order valence-electron chi connectivity index (χ4n) is 4.64. The van der Waals surface area contributed by atoms with E-state index in [0.29, 0.717) is 11.2 Å². The number of aromatic nitrogens is 4. The van der Waals surface area contributed by atoms with Gasteiger partial charge in [0, 0.05) is 7.11 Å². The van der Waals surface area contributed by atoms with E-state index in [4.69, 9.17) is 24.7 Å². The molecule has 1 aromatic carbocycles. The first-order valence-electron chi connectivity index (χ1n) is 10.7. The zero-order valence-corrected chi connectivity index (χ0v) is 18.0. The zero-order valence-electron chi connectivity index (χ0n) is 18.0. The van der Waals surface area contributed by atoms with E-state index >= 15 is 0 Å². The number of aliphatic hydroxyl groups is 1. The average molecular weight is 441 g/mol. The molecule has 3 N–H and O–H groups in total. The van der Waals surface area contributed by atoms with E-state index in [1.807, 2.05) is 12.1 Å². The average Bonchev–Trinajstić information content (AvgIpc) is 3.38. The molecule has 170 valence electrons. The molecule has 5 rings (SSSR count). The number of fused-ring (bicyclic) bond motifs is 2. The number of anilines is 1. The van der Waals surface area contributed by atoms with Crippen LogP contribution >= 0.6 is 0 Å². The second-order valence-electron chi connectivity index (χ2n) is 8.12. The molecule has 1 aliphatic carbocycles. The Balaban J connectivity index is 1.34. The highest BCUT2D eigenvalue weighted by Gasteiger charge is 2.46. The van der Waals surface area contributed by atoms with Crippen LogP contribution in [-0.4, -0.2) is 63.8 Å². The Kier molecular flexibility index (Phi) is 5.68. The minimum absolute atomic E-state index is 0.0775. The van der Waals surface area contributed by atoms with Gasteiger partial charge in [0.25, 0.3) is 0 Å². The number of hydrogen-bond acceptors (Lipinski definition) is 9. The minimum Gasteiger partial charge on any atom is -0.497 e. The maximum absolute atomic E-state index is 10.9. The van der Waals surface area contributed by atoms with Gasteiger partial charge in [-0.1, -0.05) is 6.07 Å². The molecule has 1 aliphatic heterocycles. The monoisotopic (exact) mass is 441 g/mol. The van der Waals surface area contributed by atoms with E-state index < -0.39 is 24.5 Å². The number of aliphatic hydroxyl groups excluding tert-OH is 1. The summed E-state index contributed by atoms with van der Waals surface area (Å²) < 4.78 is 25.1. The molecule has 3 aromatic rings. The number of nitrogens with two attached hydrogens (primary N) is 1. The quantitative estimate of drug-likeness (QED) is 0.588. The lowest BCUT2D eigenvalue weighted by molar-refractivity contribution is -0.0853. The maximum Gasteiger partial charge on any atom is 0.167 e. The molecule has 0 amide bonds. The second kappa shape index (κ2) is 8.62. The molecule has 10 heteroatoms. The van der Waals surface area contributed by atoms with Crippen LogP contribution in [-0.2, 0) is 20.6 Å². The fraction of sp³-hybridized carbons (Fsp3) is 0.500. The van der Waals surface area contributed by atoms with Crippen LogP contribution < -0.4 is 10.5 Å². The number of ether oxygens (including phenoxy) is 4. The highest BCUT2D eigenvalue weighted by Crippen LogP contribution is 2.37. The summed E-state index contributed by atoms with van der Waals surface area (Å²) in [4.78, 5) is 12.5. The zero-order chi connectivity index (χ0) is 22.2. The Morgan fingerprint density at radius 1 is 1.25 bits per heavy atom. The fourth-order valence-corrected chi connectivity index (χ4v) is 4.64. The second-order valence-corrected chi connectivity index (χ2v) is 8.12. The van der Waals surface area contributed by atoms with Crippen molar-refractivity contribution in [3.8, 4) is 5.75 Å². The molecule has 0 spiro atoms. The summed E-state index contributed by atoms with van der Waals surface area (Å²) in [5, 5.41) is 10.9. The minimum atomic E-state index is -0.880. The molecule has 3 heterocycles. The van der Waals surface area contributed by atoms with E-state index in [9.17, 15) is 5.11 Å². The van der Waals surface area contributed by atoms with E-state index in [2.05, 4.69) is 21.0 Å². The predicted molar refractivity (Wildman–Crippen MR) is 115 cm³/mol. The molecule has 0 radical (unpaired) electrons. The van der Waals surface area contributed by atoms with Crippen molar-refractivity contribution < 1.29 is 24.1 Å². The van der Waals surface area contributed by atoms with Crippen molar-refractivity contribution in [2.45, 2.75) is 49.9 Å². The van der Waals surface area contributed by atoms with Crippen LogP contribution in [0.1, 0.15) is 36.3 Å². The molecule has 2 aliphatic rings. The van der Waals surface area contributed by atoms with Gasteiger partial charge in [0.15, 0.2) is 17.7 Å². The highest BCUT2D eigenvalue weighted by molar-refractivity contribution is 5.81. The normalized spacial score (nSPS) is 27.5. The van der Waals surface area contributed by atoms with Crippen LogP contribution in [0.5, 0.6) is 5.75 Å². The number of hydrogen-bond donors (Lipinski definition) is 2. The van der Waals surface area contributed by atoms with Gasteiger partial charge >= 0.3 is 0 Å². The summed E-state index contributed by atoms with van der Waals surface area (Å²) in [5.41, 5.74) is 9.31. The summed E-state index contributed by atoms with van der Waals surface area (Å²) in [6.45, 7) is 0.225. The lowest BCUT2D eigenvalue weighted by Gasteiger charge is -2.27. The van der Waals surface area contributed by atoms with Crippen molar-refractivity contribution in [1.29, 1.82) is 0 Å². The number of aryl methyl sites for hydroxylation is 1. The SMILES string of the molecule is COc1ccc2c(c1)C(OC[C@H]1O[C@@H](n3cnc4c(N)ncnc43)[C@H](OC)[C@@H]1O)CCC2. The number of rotatable bonds is 6. The Morgan fingerprint density at radius 2 is 2.12 bits per heavy atom. The van der Waals surface area contributed by atoms with Crippen LogP contribution in [0.15, 0.2) is 30.9 Å². The number of imidazole rings is 1. The van der Waals surface area contributed by atoms with Gasteiger partial charge in [0.05, 0.1) is 26.1 Å². The lowest BCUT2D eigenvalue weighted by Crippen LogP contribution is -2.35. The molecule has 1 fully saturated rings. The van der Waals surface area contributed by atoms with Gasteiger partial charge in [-0.2, -0.15) is 0 Å². The third-order valence-electron chi connectivity index (χ3n) is 6.32. The molecule has 2 aromatic heterocycles. The van der Waals surface area contributed by atoms with Crippen LogP contribution in [0.3, 0.4) is 0 Å². The summed E-state index contributed by atoms with van der Waals surface area (Å²) >= 11 is 0. The first-order chi connectivity index (χ1) is 15.6. The van der Waals surface area contributed by atoms with Crippen LogP contribution in [0, 0.1) is 0 Å². The Morgan fingerprint density at radius 3 is 2.94 bits per heavy atom. The lowest BCUT2D eigenvalue weighted by atomic mass is 9.89. The van der Waals surface area contributed by atoms with Gasteiger partial charge in [0.1, 0.15) is 35.9 Å². The molecule has 10 nitrogen and oxygen atoms in total. The largest absolute Gasteiger partial charge is 0.497 e. The highest BCUT2D eigenvalue weighted by atomic mass is 16.6. The maximum atomic E-state index is 10.9. The first-order valence-corrected chi connectivity index (χ1v) is 10.7. The van der Waals surface area contributed by atoms with Crippen molar-refractivity contribution >= 4 is 17.0 Å². The van der Waals surface area contributed by atoms with Crippen molar-refractivity contribution in [3.05, 3.63) is 42.0 Å². The Bertz CT molecular complexity index is 1110. The number of nitrogens with zero attached hydrogens (tertiary/aromatic N) is 4. The smallest absolute Gasteiger partial charge is 0.167 e. The van der Waals surface area contributed by atoms with Gasteiger partial charge < -0.3 is 29.8 Å². The third-order valence-corrected chi connectivity index (χ3v) is 6.32. The van der Waals surface area contributed by atoms with E-state index in [-0.39, 0.29) is 18.5 Å². The standard InChI is InChI=1S/C22H27N5O5/c1-29-13-7-6-12-4-3-5-15(14(12)8-13)31-9-16-18(28)19(30-2)22(32-16)27-11-26-17-20(23)24-10-25-21(17)27/h6-8,10-11,15-16,18-19,22,28H,3-5,9H2,1-2H3,(H2,23,24,25)/t15?,16-,18-,19-,22-/m1/s1. The predicted octanol–water partition coefficient (Wildman–Crippen LogP) is 1.78. The number of benzene rings is 1. The van der Waals surface area contributed by atoms with Crippen molar-refractivity contribution in [2.24, 2.45) is 0 Å². The summed E-state index contributed by atoms with van der Waals surface area (Å²) in [6.07, 6.45) is 3.15. The van der Waals surface area contributed by atoms with Crippen LogP contribution in [0.2, 0.25) is 0 Å². The Hall–Kier alpha value is -2.79. The number of nitrogen functional groups attached to an aromatic ring is 1.